The molecule has 0 amide bonds. The van der Waals surface area contributed by atoms with Crippen molar-refractivity contribution in [1.29, 1.82) is 0 Å². The van der Waals surface area contributed by atoms with Gasteiger partial charge in [0.25, 0.3) is 0 Å². The molecule has 4 heteroatoms. The molecule has 3 aromatic rings. The Kier molecular flexibility index (Phi) is 7.45. The number of rotatable bonds is 5. The summed E-state index contributed by atoms with van der Waals surface area (Å²) >= 11 is 0. The van der Waals surface area contributed by atoms with Crippen molar-refractivity contribution in [2.45, 2.75) is 19.5 Å². The Hall–Kier alpha value is -2.77. The van der Waals surface area contributed by atoms with Gasteiger partial charge >= 0.3 is 0 Å². The van der Waals surface area contributed by atoms with Crippen molar-refractivity contribution in [2.24, 2.45) is 0 Å². The number of carbonyl (C=O) groups excluding carboxylic acids is 2. The Labute approximate surface area is 161 Å². The molecule has 0 spiro atoms. The summed E-state index contributed by atoms with van der Waals surface area (Å²) in [6, 6.07) is 31.4. The van der Waals surface area contributed by atoms with Gasteiger partial charge in [0.15, 0.2) is 6.29 Å². The smallest absolute Gasteiger partial charge is 0.161 e. The number of benzene rings is 3. The minimum absolute atomic E-state index is 0.0744. The number of carbonyl (C=O) groups is 2. The summed E-state index contributed by atoms with van der Waals surface area (Å²) in [7, 11) is -2.01. The number of hydrogen-bond donors (Lipinski definition) is 0. The van der Waals surface area contributed by atoms with Crippen LogP contribution in [0.3, 0.4) is 0 Å². The third-order valence-electron chi connectivity index (χ3n) is 4.30. The van der Waals surface area contributed by atoms with Gasteiger partial charge in [-0.05, 0) is 50.2 Å². The Morgan fingerprint density at radius 3 is 1.26 bits per heavy atom. The quantitative estimate of drug-likeness (QED) is 0.506. The van der Waals surface area contributed by atoms with Gasteiger partial charge in [0.05, 0.1) is 0 Å². The van der Waals surface area contributed by atoms with E-state index >= 15 is 0 Å². The minimum Gasteiger partial charge on any atom is -0.550 e. The van der Waals surface area contributed by atoms with Crippen LogP contribution in [0.25, 0.3) is 0 Å². The van der Waals surface area contributed by atoms with E-state index in [1.165, 1.54) is 15.9 Å². The molecule has 1 unspecified atom stereocenters. The summed E-state index contributed by atoms with van der Waals surface area (Å²) in [6.45, 7) is 3.02. The lowest BCUT2D eigenvalue weighted by molar-refractivity contribution is -0.302. The standard InChI is InChI=1S/C21H20OP.C2H4O2/c1-18(17-22)23(19-11-5-2-6-12-19,20-13-7-3-8-14-20)21-15-9-4-10-16-21;1-2(3)4/h2-18H,1H3;1H3,(H,3,4)/q+1;/p-1. The third kappa shape index (κ3) is 4.69. The summed E-state index contributed by atoms with van der Waals surface area (Å²) in [5.74, 6) is -1.08. The largest absolute Gasteiger partial charge is 0.550 e. The molecule has 0 saturated heterocycles. The van der Waals surface area contributed by atoms with E-state index in [1.807, 2.05) is 25.1 Å². The van der Waals surface area contributed by atoms with Gasteiger partial charge in [0.2, 0.25) is 0 Å². The van der Waals surface area contributed by atoms with E-state index in [-0.39, 0.29) is 5.66 Å². The Morgan fingerprint density at radius 1 is 0.778 bits per heavy atom. The van der Waals surface area contributed by atoms with Crippen LogP contribution in [-0.2, 0) is 9.59 Å². The number of hydrogen-bond acceptors (Lipinski definition) is 3. The molecule has 3 nitrogen and oxygen atoms in total. The van der Waals surface area contributed by atoms with E-state index in [2.05, 4.69) is 72.8 Å². The highest BCUT2D eigenvalue weighted by Gasteiger charge is 2.50. The molecule has 0 saturated carbocycles. The van der Waals surface area contributed by atoms with Crippen LogP contribution < -0.4 is 21.0 Å². The van der Waals surface area contributed by atoms with Gasteiger partial charge in [-0.1, -0.05) is 54.6 Å². The van der Waals surface area contributed by atoms with Gasteiger partial charge in [-0.25, -0.2) is 0 Å². The van der Waals surface area contributed by atoms with Crippen LogP contribution in [0.1, 0.15) is 13.8 Å². The lowest BCUT2D eigenvalue weighted by Gasteiger charge is -2.30. The predicted octanol–water partition coefficient (Wildman–Crippen LogP) is 2.32. The lowest BCUT2D eigenvalue weighted by Crippen LogP contribution is -2.38. The molecule has 27 heavy (non-hydrogen) atoms. The second-order valence-corrected chi connectivity index (χ2v) is 9.91. The van der Waals surface area contributed by atoms with E-state index in [0.717, 1.165) is 13.2 Å². The topological polar surface area (TPSA) is 57.2 Å². The van der Waals surface area contributed by atoms with Gasteiger partial charge in [0, 0.05) is 5.97 Å². The van der Waals surface area contributed by atoms with E-state index in [4.69, 9.17) is 9.90 Å². The first-order chi connectivity index (χ1) is 13.0. The van der Waals surface area contributed by atoms with Gasteiger partial charge in [-0.3, -0.25) is 4.79 Å². The maximum absolute atomic E-state index is 11.9. The van der Waals surface area contributed by atoms with Crippen molar-refractivity contribution >= 4 is 35.4 Å². The zero-order chi connectivity index (χ0) is 19.7. The van der Waals surface area contributed by atoms with Crippen LogP contribution in [0.4, 0.5) is 0 Å². The fourth-order valence-electron chi connectivity index (χ4n) is 3.23. The molecule has 0 heterocycles. The fourth-order valence-corrected chi connectivity index (χ4v) is 7.65. The lowest BCUT2D eigenvalue weighted by atomic mass is 10.3. The second-order valence-electron chi connectivity index (χ2n) is 6.10. The van der Waals surface area contributed by atoms with E-state index in [9.17, 15) is 4.79 Å². The third-order valence-corrected chi connectivity index (χ3v) is 8.98. The predicted molar refractivity (Wildman–Crippen MR) is 111 cm³/mol. The fraction of sp³-hybridized carbons (Fsp3) is 0.130. The van der Waals surface area contributed by atoms with Crippen molar-refractivity contribution in [1.82, 2.24) is 0 Å². The molecule has 138 valence electrons. The highest BCUT2D eigenvalue weighted by molar-refractivity contribution is 7.96. The van der Waals surface area contributed by atoms with Crippen LogP contribution in [0.2, 0.25) is 0 Å². The van der Waals surface area contributed by atoms with Crippen LogP contribution >= 0.6 is 7.26 Å². The van der Waals surface area contributed by atoms with Crippen molar-refractivity contribution in [3.8, 4) is 0 Å². The summed E-state index contributed by atoms with van der Waals surface area (Å²) in [4.78, 5) is 20.8. The van der Waals surface area contributed by atoms with Gasteiger partial charge in [-0.2, -0.15) is 0 Å². The Morgan fingerprint density at radius 2 is 1.04 bits per heavy atom. The first-order valence-corrected chi connectivity index (χ1v) is 10.6. The molecule has 0 bridgehead atoms. The summed E-state index contributed by atoms with van der Waals surface area (Å²) in [5.41, 5.74) is -0.0744. The zero-order valence-corrected chi connectivity index (χ0v) is 16.4. The molecule has 0 aliphatic heterocycles. The Balaban J connectivity index is 0.000000596. The van der Waals surface area contributed by atoms with Gasteiger partial charge in [-0.15, -0.1) is 0 Å². The van der Waals surface area contributed by atoms with Crippen LogP contribution in [-0.4, -0.2) is 17.9 Å². The maximum Gasteiger partial charge on any atom is 0.161 e. The van der Waals surface area contributed by atoms with Crippen molar-refractivity contribution < 1.29 is 14.7 Å². The van der Waals surface area contributed by atoms with Crippen molar-refractivity contribution in [3.63, 3.8) is 0 Å². The normalized spacial score (nSPS) is 11.6. The van der Waals surface area contributed by atoms with Crippen molar-refractivity contribution in [3.05, 3.63) is 91.0 Å². The summed E-state index contributed by atoms with van der Waals surface area (Å²) in [6.07, 6.45) is 1.11. The molecule has 0 aliphatic rings. The zero-order valence-electron chi connectivity index (χ0n) is 15.5. The van der Waals surface area contributed by atoms with E-state index in [0.29, 0.717) is 0 Å². The van der Waals surface area contributed by atoms with Crippen molar-refractivity contribution in [2.75, 3.05) is 0 Å². The van der Waals surface area contributed by atoms with E-state index in [1.54, 1.807) is 0 Å². The summed E-state index contributed by atoms with van der Waals surface area (Å²) < 4.78 is 0. The molecular formula is C23H23O3P. The average Bonchev–Trinajstić information content (AvgIpc) is 2.70. The Bertz CT molecular complexity index is 748. The SMILES string of the molecule is CC(=O)[O-].CC(C=O)[P+](c1ccccc1)(c1ccccc1)c1ccccc1. The molecule has 0 aromatic heterocycles. The monoisotopic (exact) mass is 378 g/mol. The van der Waals surface area contributed by atoms with Crippen LogP contribution in [0.15, 0.2) is 91.0 Å². The minimum atomic E-state index is -2.01. The number of aliphatic carboxylic acids is 1. The molecule has 0 radical (unpaired) electrons. The molecular weight excluding hydrogens is 355 g/mol. The second kappa shape index (κ2) is 9.80. The van der Waals surface area contributed by atoms with Gasteiger partial charge in [0.1, 0.15) is 28.8 Å². The van der Waals surface area contributed by atoms with Gasteiger partial charge < -0.3 is 9.90 Å². The molecule has 0 N–H and O–H groups in total. The molecule has 1 atom stereocenters. The molecule has 0 fully saturated rings. The molecule has 0 aliphatic carbocycles. The highest BCUT2D eigenvalue weighted by atomic mass is 31.2. The summed E-state index contributed by atoms with van der Waals surface area (Å²) in [5, 5.41) is 12.6. The average molecular weight is 378 g/mol. The molecule has 3 rings (SSSR count). The van der Waals surface area contributed by atoms with Crippen LogP contribution in [0.5, 0.6) is 0 Å². The highest BCUT2D eigenvalue weighted by Crippen LogP contribution is 2.58. The number of aldehydes is 1. The van der Waals surface area contributed by atoms with E-state index < -0.39 is 13.2 Å². The first kappa shape index (κ1) is 20.5. The maximum atomic E-state index is 11.9. The molecule has 3 aromatic carbocycles. The number of carboxylic acids is 1. The van der Waals surface area contributed by atoms with Crippen LogP contribution in [0, 0.1) is 0 Å². The first-order valence-electron chi connectivity index (χ1n) is 8.72. The number of carboxylic acid groups (broad SMARTS) is 1.